The maximum absolute atomic E-state index is 13.4. The van der Waals surface area contributed by atoms with Gasteiger partial charge in [0.15, 0.2) is 5.13 Å². The number of ketones is 1. The van der Waals surface area contributed by atoms with Crippen molar-refractivity contribution >= 4 is 63.1 Å². The molecule has 1 aromatic heterocycles. The summed E-state index contributed by atoms with van der Waals surface area (Å²) >= 11 is 13.3. The van der Waals surface area contributed by atoms with Gasteiger partial charge in [0.25, 0.3) is 5.78 Å². The third-order valence-electron chi connectivity index (χ3n) is 5.57. The molecule has 192 valence electrons. The fourth-order valence-corrected chi connectivity index (χ4v) is 5.25. The number of benzene rings is 2. The predicted octanol–water partition coefficient (Wildman–Crippen LogP) is 5.96. The van der Waals surface area contributed by atoms with Crippen molar-refractivity contribution in [2.24, 2.45) is 0 Å². The first-order valence-electron chi connectivity index (χ1n) is 11.3. The van der Waals surface area contributed by atoms with Crippen LogP contribution in [0.4, 0.5) is 5.13 Å². The number of Topliss-reactive ketones (excluding diaryl/α,β-unsaturated/α-hetero) is 1. The molecule has 1 fully saturated rings. The van der Waals surface area contributed by atoms with Gasteiger partial charge in [-0.1, -0.05) is 52.7 Å². The second-order valence-electron chi connectivity index (χ2n) is 7.93. The first-order valence-corrected chi connectivity index (χ1v) is 12.9. The van der Waals surface area contributed by atoms with Crippen molar-refractivity contribution in [1.29, 1.82) is 0 Å². The van der Waals surface area contributed by atoms with E-state index in [1.54, 1.807) is 44.2 Å². The van der Waals surface area contributed by atoms with Gasteiger partial charge in [-0.15, -0.1) is 0 Å². The summed E-state index contributed by atoms with van der Waals surface area (Å²) in [5, 5.41) is 11.9. The zero-order valence-corrected chi connectivity index (χ0v) is 22.4. The van der Waals surface area contributed by atoms with E-state index < -0.39 is 29.5 Å². The number of ether oxygens (including phenoxy) is 2. The average molecular weight is 561 g/mol. The number of aromatic nitrogens is 1. The minimum absolute atomic E-state index is 0.0980. The molecule has 1 N–H and O–H groups in total. The number of aliphatic hydroxyl groups is 1. The Hall–Kier alpha value is -3.40. The van der Waals surface area contributed by atoms with E-state index in [-0.39, 0.29) is 37.8 Å². The average Bonchev–Trinajstić information content (AvgIpc) is 3.38. The van der Waals surface area contributed by atoms with Crippen molar-refractivity contribution in [3.63, 3.8) is 0 Å². The minimum atomic E-state index is -1.09. The predicted molar refractivity (Wildman–Crippen MR) is 142 cm³/mol. The summed E-state index contributed by atoms with van der Waals surface area (Å²) in [6, 6.07) is 10.1. The summed E-state index contributed by atoms with van der Waals surface area (Å²) in [5.41, 5.74) is 0.887. The van der Waals surface area contributed by atoms with E-state index >= 15 is 0 Å². The summed E-state index contributed by atoms with van der Waals surface area (Å²) < 4.78 is 10.6. The Morgan fingerprint density at radius 2 is 1.86 bits per heavy atom. The summed E-state index contributed by atoms with van der Waals surface area (Å²) in [5.74, 6) is -2.32. The standard InChI is InChI=1S/C26H22Cl2N2O6S/c1-4-35-16-8-6-7-15(11-16)21(31)19-20(14-9-10-17(27)18(28)12-14)30(24(33)22(19)32)26-29-13(3)23(37-26)25(34)36-5-2/h6-12,20,31H,4-5H2,1-3H3. The Labute approximate surface area is 227 Å². The third-order valence-corrected chi connectivity index (χ3v) is 7.45. The zero-order valence-electron chi connectivity index (χ0n) is 20.1. The molecule has 3 aromatic rings. The van der Waals surface area contributed by atoms with Crippen LogP contribution in [0.15, 0.2) is 48.0 Å². The molecule has 4 rings (SSSR count). The number of aliphatic hydroxyl groups excluding tert-OH is 1. The molecule has 37 heavy (non-hydrogen) atoms. The molecule has 1 unspecified atom stereocenters. The van der Waals surface area contributed by atoms with Gasteiger partial charge >= 0.3 is 11.9 Å². The topological polar surface area (TPSA) is 106 Å². The lowest BCUT2D eigenvalue weighted by Crippen LogP contribution is -2.29. The maximum atomic E-state index is 13.4. The molecule has 11 heteroatoms. The molecule has 0 radical (unpaired) electrons. The molecular weight excluding hydrogens is 539 g/mol. The van der Waals surface area contributed by atoms with Crippen molar-refractivity contribution < 1.29 is 29.0 Å². The molecule has 8 nitrogen and oxygen atoms in total. The number of carbonyl (C=O) groups is 3. The molecule has 0 bridgehead atoms. The molecule has 1 aliphatic rings. The summed E-state index contributed by atoms with van der Waals surface area (Å²) in [7, 11) is 0. The van der Waals surface area contributed by atoms with Crippen LogP contribution in [0.5, 0.6) is 5.75 Å². The number of anilines is 1. The largest absolute Gasteiger partial charge is 0.507 e. The number of halogens is 2. The monoisotopic (exact) mass is 560 g/mol. The fraction of sp³-hybridized carbons (Fsp3) is 0.231. The third kappa shape index (κ3) is 5.07. The Bertz CT molecular complexity index is 1430. The number of carbonyl (C=O) groups excluding carboxylic acids is 3. The fourth-order valence-electron chi connectivity index (χ4n) is 3.95. The van der Waals surface area contributed by atoms with Crippen LogP contribution in [0, 0.1) is 6.92 Å². The van der Waals surface area contributed by atoms with E-state index in [1.807, 2.05) is 6.92 Å². The molecule has 2 aromatic carbocycles. The first-order chi connectivity index (χ1) is 17.7. The smallest absolute Gasteiger partial charge is 0.350 e. The van der Waals surface area contributed by atoms with Crippen LogP contribution >= 0.6 is 34.5 Å². The number of amides is 1. The normalized spacial score (nSPS) is 16.8. The molecule has 0 aliphatic carbocycles. The van der Waals surface area contributed by atoms with Gasteiger partial charge in [0, 0.05) is 5.56 Å². The van der Waals surface area contributed by atoms with Crippen LogP contribution in [-0.2, 0) is 14.3 Å². The number of hydrogen-bond donors (Lipinski definition) is 1. The highest BCUT2D eigenvalue weighted by Crippen LogP contribution is 2.45. The van der Waals surface area contributed by atoms with Crippen LogP contribution in [0.2, 0.25) is 10.0 Å². The molecule has 0 spiro atoms. The number of rotatable bonds is 7. The lowest BCUT2D eigenvalue weighted by molar-refractivity contribution is -0.132. The van der Waals surface area contributed by atoms with Gasteiger partial charge in [-0.05, 0) is 50.6 Å². The van der Waals surface area contributed by atoms with Crippen molar-refractivity contribution in [1.82, 2.24) is 4.98 Å². The maximum Gasteiger partial charge on any atom is 0.350 e. The lowest BCUT2D eigenvalue weighted by atomic mass is 9.95. The van der Waals surface area contributed by atoms with Crippen LogP contribution in [-0.4, -0.2) is 41.0 Å². The number of hydrogen-bond acceptors (Lipinski definition) is 8. The summed E-state index contributed by atoms with van der Waals surface area (Å²) in [6.45, 7) is 5.68. The van der Waals surface area contributed by atoms with Crippen molar-refractivity contribution in [3.8, 4) is 5.75 Å². The number of nitrogens with zero attached hydrogens (tertiary/aromatic N) is 2. The van der Waals surface area contributed by atoms with E-state index in [9.17, 15) is 19.5 Å². The number of thiazole rings is 1. The van der Waals surface area contributed by atoms with E-state index in [0.29, 0.717) is 23.6 Å². The lowest BCUT2D eigenvalue weighted by Gasteiger charge is -2.23. The zero-order chi connectivity index (χ0) is 26.9. The van der Waals surface area contributed by atoms with Crippen LogP contribution in [0.1, 0.15) is 46.4 Å². The van der Waals surface area contributed by atoms with Crippen LogP contribution in [0.25, 0.3) is 5.76 Å². The van der Waals surface area contributed by atoms with E-state index in [0.717, 1.165) is 16.2 Å². The molecule has 1 saturated heterocycles. The molecule has 2 heterocycles. The van der Waals surface area contributed by atoms with Gasteiger partial charge in [-0.25, -0.2) is 9.78 Å². The Morgan fingerprint density at radius 3 is 2.54 bits per heavy atom. The molecule has 0 saturated carbocycles. The van der Waals surface area contributed by atoms with E-state index in [2.05, 4.69) is 4.98 Å². The quantitative estimate of drug-likeness (QED) is 0.164. The Morgan fingerprint density at radius 1 is 1.11 bits per heavy atom. The summed E-state index contributed by atoms with van der Waals surface area (Å²) in [6.07, 6.45) is 0. The van der Waals surface area contributed by atoms with Gasteiger partial charge < -0.3 is 14.6 Å². The molecule has 1 amide bonds. The van der Waals surface area contributed by atoms with E-state index in [4.69, 9.17) is 32.7 Å². The van der Waals surface area contributed by atoms with Crippen LogP contribution in [0.3, 0.4) is 0 Å². The van der Waals surface area contributed by atoms with Gasteiger partial charge in [0.2, 0.25) is 0 Å². The molecule has 1 atom stereocenters. The highest BCUT2D eigenvalue weighted by atomic mass is 35.5. The molecule has 1 aliphatic heterocycles. The minimum Gasteiger partial charge on any atom is -0.507 e. The highest BCUT2D eigenvalue weighted by molar-refractivity contribution is 7.17. The van der Waals surface area contributed by atoms with Gasteiger partial charge in [-0.2, -0.15) is 0 Å². The first kappa shape index (κ1) is 26.7. The van der Waals surface area contributed by atoms with Gasteiger partial charge in [0.05, 0.1) is 40.6 Å². The van der Waals surface area contributed by atoms with Crippen molar-refractivity contribution in [2.75, 3.05) is 18.1 Å². The molecular formula is C26H22Cl2N2O6S. The number of esters is 1. The second-order valence-corrected chi connectivity index (χ2v) is 9.73. The van der Waals surface area contributed by atoms with Crippen LogP contribution < -0.4 is 9.64 Å². The highest BCUT2D eigenvalue weighted by Gasteiger charge is 2.48. The number of aryl methyl sites for hydroxylation is 1. The van der Waals surface area contributed by atoms with Crippen molar-refractivity contribution in [3.05, 3.63) is 79.8 Å². The van der Waals surface area contributed by atoms with Gasteiger partial charge in [-0.3, -0.25) is 14.5 Å². The second kappa shape index (κ2) is 10.9. The van der Waals surface area contributed by atoms with Crippen molar-refractivity contribution in [2.45, 2.75) is 26.8 Å². The van der Waals surface area contributed by atoms with E-state index in [1.165, 1.54) is 12.1 Å². The Balaban J connectivity index is 1.92. The van der Waals surface area contributed by atoms with Gasteiger partial charge in [0.1, 0.15) is 16.4 Å². The Kier molecular flexibility index (Phi) is 7.87. The SMILES string of the molecule is CCOC(=O)c1sc(N2C(=O)C(=O)C(=C(O)c3cccc(OCC)c3)C2c2ccc(Cl)c(Cl)c2)nc1C. The summed E-state index contributed by atoms with van der Waals surface area (Å²) in [4.78, 5) is 44.9.